The molecule has 1 aliphatic rings. The average molecular weight is 357 g/mol. The van der Waals surface area contributed by atoms with E-state index in [-0.39, 0.29) is 28.4 Å². The van der Waals surface area contributed by atoms with Crippen LogP contribution >= 0.6 is 34.8 Å². The molecule has 0 unspecified atom stereocenters. The van der Waals surface area contributed by atoms with Gasteiger partial charge in [-0.25, -0.2) is 8.42 Å². The lowest BCUT2D eigenvalue weighted by molar-refractivity contribution is 0.337. The Morgan fingerprint density at radius 1 is 1.20 bits per heavy atom. The molecule has 1 saturated carbocycles. The van der Waals surface area contributed by atoms with Gasteiger partial charge in [-0.1, -0.05) is 36.0 Å². The molecule has 0 spiro atoms. The van der Waals surface area contributed by atoms with Crippen LogP contribution in [0.25, 0.3) is 0 Å². The van der Waals surface area contributed by atoms with Crippen molar-refractivity contribution in [3.05, 3.63) is 28.2 Å². The summed E-state index contributed by atoms with van der Waals surface area (Å²) in [5, 5.41) is 0.539. The summed E-state index contributed by atoms with van der Waals surface area (Å²) in [6, 6.07) is 4.48. The van der Waals surface area contributed by atoms with Gasteiger partial charge in [-0.3, -0.25) is 0 Å². The van der Waals surface area contributed by atoms with Crippen LogP contribution in [0.2, 0.25) is 10.0 Å². The highest BCUT2D eigenvalue weighted by Crippen LogP contribution is 2.32. The highest BCUT2D eigenvalue weighted by atomic mass is 35.5. The van der Waals surface area contributed by atoms with Crippen LogP contribution in [0.4, 0.5) is 0 Å². The van der Waals surface area contributed by atoms with Gasteiger partial charge < -0.3 is 0 Å². The number of rotatable bonds is 5. The van der Waals surface area contributed by atoms with Crippen molar-refractivity contribution in [3.63, 3.8) is 0 Å². The van der Waals surface area contributed by atoms with E-state index in [1.807, 2.05) is 0 Å². The Hall–Kier alpha value is -0.0000000000000000555. The van der Waals surface area contributed by atoms with E-state index in [1.54, 1.807) is 6.07 Å². The minimum Gasteiger partial charge on any atom is -0.207 e. The Balaban J connectivity index is 2.41. The van der Waals surface area contributed by atoms with Gasteiger partial charge in [-0.05, 0) is 31.0 Å². The molecule has 1 fully saturated rings. The molecule has 0 atom stereocenters. The normalized spacial score (nSPS) is 17.0. The zero-order chi connectivity index (χ0) is 14.8. The summed E-state index contributed by atoms with van der Waals surface area (Å²) in [5.74, 6) is 0.258. The van der Waals surface area contributed by atoms with Gasteiger partial charge in [0.15, 0.2) is 0 Å². The maximum atomic E-state index is 12.8. The fourth-order valence-electron chi connectivity index (χ4n) is 2.58. The average Bonchev–Trinajstić information content (AvgIpc) is 2.92. The van der Waals surface area contributed by atoms with Gasteiger partial charge in [0.2, 0.25) is 10.0 Å². The van der Waals surface area contributed by atoms with Crippen LogP contribution in [-0.2, 0) is 10.0 Å². The van der Waals surface area contributed by atoms with Gasteiger partial charge in [-0.2, -0.15) is 4.31 Å². The number of benzene rings is 1. The highest BCUT2D eigenvalue weighted by molar-refractivity contribution is 7.89. The van der Waals surface area contributed by atoms with Crippen molar-refractivity contribution in [2.75, 3.05) is 12.4 Å². The molecule has 0 aliphatic heterocycles. The zero-order valence-corrected chi connectivity index (χ0v) is 13.9. The predicted molar refractivity (Wildman–Crippen MR) is 83.3 cm³/mol. The summed E-state index contributed by atoms with van der Waals surface area (Å²) in [7, 11) is -3.67. The molecule has 1 aliphatic carbocycles. The molecule has 0 radical (unpaired) electrons. The summed E-state index contributed by atoms with van der Waals surface area (Å²) < 4.78 is 27.1. The topological polar surface area (TPSA) is 37.4 Å². The summed E-state index contributed by atoms with van der Waals surface area (Å²) in [5.41, 5.74) is 0. The van der Waals surface area contributed by atoms with Crippen molar-refractivity contribution in [1.29, 1.82) is 0 Å². The highest BCUT2D eigenvalue weighted by Gasteiger charge is 2.34. The fourth-order valence-corrected chi connectivity index (χ4v) is 5.28. The second-order valence-corrected chi connectivity index (χ2v) is 7.90. The third-order valence-electron chi connectivity index (χ3n) is 3.52. The molecule has 2 rings (SSSR count). The lowest BCUT2D eigenvalue weighted by Crippen LogP contribution is -2.40. The minimum atomic E-state index is -3.67. The Kier molecular flexibility index (Phi) is 5.60. The molecule has 0 N–H and O–H groups in total. The molecule has 20 heavy (non-hydrogen) atoms. The van der Waals surface area contributed by atoms with Gasteiger partial charge in [0, 0.05) is 23.5 Å². The van der Waals surface area contributed by atoms with Gasteiger partial charge in [-0.15, -0.1) is 11.6 Å². The Labute approximate surface area is 134 Å². The lowest BCUT2D eigenvalue weighted by atomic mass is 10.2. The van der Waals surface area contributed by atoms with E-state index in [2.05, 4.69) is 0 Å². The number of nitrogens with zero attached hydrogens (tertiary/aromatic N) is 1. The van der Waals surface area contributed by atoms with Crippen molar-refractivity contribution in [2.24, 2.45) is 0 Å². The van der Waals surface area contributed by atoms with Crippen LogP contribution in [0.15, 0.2) is 23.1 Å². The standard InChI is InChI=1S/C13H16Cl3NO2S/c14-7-8-17(11-3-1-2-4-11)20(18,19)13-9-10(15)5-6-12(13)16/h5-6,9,11H,1-4,7-8H2. The van der Waals surface area contributed by atoms with Crippen molar-refractivity contribution < 1.29 is 8.42 Å². The van der Waals surface area contributed by atoms with Crippen LogP contribution < -0.4 is 0 Å². The quantitative estimate of drug-likeness (QED) is 0.743. The SMILES string of the molecule is O=S(=O)(c1cc(Cl)ccc1Cl)N(CCCl)C1CCCC1. The monoisotopic (exact) mass is 355 g/mol. The molecule has 0 aromatic heterocycles. The third-order valence-corrected chi connectivity index (χ3v) is 6.35. The Morgan fingerprint density at radius 3 is 2.45 bits per heavy atom. The predicted octanol–water partition coefficient (Wildman–Crippen LogP) is 4.17. The van der Waals surface area contributed by atoms with E-state index < -0.39 is 10.0 Å². The molecule has 0 bridgehead atoms. The van der Waals surface area contributed by atoms with Crippen molar-refractivity contribution in [2.45, 2.75) is 36.6 Å². The molecule has 0 heterocycles. The van der Waals surface area contributed by atoms with Crippen LogP contribution in [0.3, 0.4) is 0 Å². The minimum absolute atomic E-state index is 0.00815. The number of hydrogen-bond donors (Lipinski definition) is 0. The first-order valence-corrected chi connectivity index (χ1v) is 9.22. The summed E-state index contributed by atoms with van der Waals surface area (Å²) >= 11 is 17.7. The van der Waals surface area contributed by atoms with Crippen LogP contribution in [-0.4, -0.2) is 31.2 Å². The third kappa shape index (κ3) is 3.42. The second kappa shape index (κ2) is 6.84. The van der Waals surface area contributed by atoms with Gasteiger partial charge in [0.25, 0.3) is 0 Å². The molecule has 7 heteroatoms. The van der Waals surface area contributed by atoms with E-state index in [4.69, 9.17) is 34.8 Å². The van der Waals surface area contributed by atoms with E-state index in [9.17, 15) is 8.42 Å². The summed E-state index contributed by atoms with van der Waals surface area (Å²) in [6.07, 6.45) is 3.83. The molecular formula is C13H16Cl3NO2S. The first-order chi connectivity index (χ1) is 9.46. The van der Waals surface area contributed by atoms with E-state index in [0.29, 0.717) is 5.02 Å². The molecule has 0 saturated heterocycles. The van der Waals surface area contributed by atoms with E-state index in [1.165, 1.54) is 16.4 Å². The molecular weight excluding hydrogens is 341 g/mol. The van der Waals surface area contributed by atoms with Crippen LogP contribution in [0, 0.1) is 0 Å². The largest absolute Gasteiger partial charge is 0.244 e. The van der Waals surface area contributed by atoms with Crippen molar-refractivity contribution in [1.82, 2.24) is 4.31 Å². The van der Waals surface area contributed by atoms with Gasteiger partial charge in [0.05, 0.1) is 5.02 Å². The fraction of sp³-hybridized carbons (Fsp3) is 0.538. The Morgan fingerprint density at radius 2 is 1.85 bits per heavy atom. The molecule has 112 valence electrons. The lowest BCUT2D eigenvalue weighted by Gasteiger charge is -2.27. The van der Waals surface area contributed by atoms with Gasteiger partial charge in [0.1, 0.15) is 4.90 Å². The van der Waals surface area contributed by atoms with Gasteiger partial charge >= 0.3 is 0 Å². The molecule has 1 aromatic carbocycles. The number of hydrogen-bond acceptors (Lipinski definition) is 2. The molecule has 3 nitrogen and oxygen atoms in total. The Bertz CT molecular complexity index is 571. The number of sulfonamides is 1. The maximum absolute atomic E-state index is 12.8. The van der Waals surface area contributed by atoms with Crippen LogP contribution in [0.5, 0.6) is 0 Å². The maximum Gasteiger partial charge on any atom is 0.244 e. The van der Waals surface area contributed by atoms with Crippen LogP contribution in [0.1, 0.15) is 25.7 Å². The summed E-state index contributed by atoms with van der Waals surface area (Å²) in [6.45, 7) is 0.289. The number of alkyl halides is 1. The first kappa shape index (κ1) is 16.4. The van der Waals surface area contributed by atoms with E-state index in [0.717, 1.165) is 25.7 Å². The van der Waals surface area contributed by atoms with Crippen molar-refractivity contribution >= 4 is 44.8 Å². The first-order valence-electron chi connectivity index (χ1n) is 6.49. The van der Waals surface area contributed by atoms with Crippen molar-refractivity contribution in [3.8, 4) is 0 Å². The zero-order valence-electron chi connectivity index (χ0n) is 10.9. The number of halogens is 3. The van der Waals surface area contributed by atoms with E-state index >= 15 is 0 Å². The summed E-state index contributed by atoms with van der Waals surface area (Å²) in [4.78, 5) is 0.0590. The smallest absolute Gasteiger partial charge is 0.207 e. The molecule has 0 amide bonds. The molecule has 1 aromatic rings. The second-order valence-electron chi connectivity index (χ2n) is 4.82.